The van der Waals surface area contributed by atoms with E-state index >= 15 is 0 Å². The second kappa shape index (κ2) is 9.44. The number of aryl methyl sites for hydroxylation is 1. The zero-order chi connectivity index (χ0) is 20.7. The van der Waals surface area contributed by atoms with Crippen molar-refractivity contribution in [1.82, 2.24) is 20.0 Å². The molecule has 2 N–H and O–H groups in total. The first-order valence-electron chi connectivity index (χ1n) is 8.96. The molecule has 1 aromatic carbocycles. The third-order valence-electron chi connectivity index (χ3n) is 4.38. The number of hydrogen-bond acceptors (Lipinski definition) is 7. The molecule has 9 heteroatoms. The van der Waals surface area contributed by atoms with Crippen LogP contribution in [0, 0.1) is 0 Å². The van der Waals surface area contributed by atoms with E-state index in [4.69, 9.17) is 0 Å². The van der Waals surface area contributed by atoms with Gasteiger partial charge in [0.1, 0.15) is 0 Å². The Bertz CT molecular complexity index is 1010. The highest BCUT2D eigenvalue weighted by Gasteiger charge is 2.35. The maximum atomic E-state index is 11.6. The summed E-state index contributed by atoms with van der Waals surface area (Å²) in [4.78, 5) is 28.2. The lowest BCUT2D eigenvalue weighted by atomic mass is 10.0. The Labute approximate surface area is 171 Å². The largest absolute Gasteiger partial charge is 0.479 e. The molecule has 3 rings (SSSR count). The Morgan fingerprint density at radius 3 is 2.55 bits per heavy atom. The molecule has 0 saturated carbocycles. The van der Waals surface area contributed by atoms with Crippen LogP contribution >= 0.6 is 11.8 Å². The maximum Gasteiger partial charge on any atom is 0.336 e. The normalized spacial score (nSPS) is 13.0. The highest BCUT2D eigenvalue weighted by molar-refractivity contribution is 7.99. The van der Waals surface area contributed by atoms with Crippen molar-refractivity contribution in [3.05, 3.63) is 71.4 Å². The van der Waals surface area contributed by atoms with Gasteiger partial charge < -0.3 is 10.2 Å². The Morgan fingerprint density at radius 2 is 1.90 bits per heavy atom. The molecule has 0 fully saturated rings. The summed E-state index contributed by atoms with van der Waals surface area (Å²) in [6.45, 7) is 0.187. The van der Waals surface area contributed by atoms with E-state index in [1.165, 1.54) is 24.0 Å². The number of nitrogens with zero attached hydrogens (tertiary/aromatic N) is 4. The summed E-state index contributed by atoms with van der Waals surface area (Å²) in [6.07, 6.45) is 5.05. The van der Waals surface area contributed by atoms with Crippen molar-refractivity contribution in [3.63, 3.8) is 0 Å². The monoisotopic (exact) mass is 412 g/mol. The zero-order valence-corrected chi connectivity index (χ0v) is 16.3. The van der Waals surface area contributed by atoms with Gasteiger partial charge in [0.15, 0.2) is 5.60 Å². The van der Waals surface area contributed by atoms with Crippen molar-refractivity contribution in [2.75, 3.05) is 5.75 Å². The predicted octanol–water partition coefficient (Wildman–Crippen LogP) is 2.09. The summed E-state index contributed by atoms with van der Waals surface area (Å²) in [6, 6.07) is 12.7. The molecule has 0 spiro atoms. The summed E-state index contributed by atoms with van der Waals surface area (Å²) in [5.41, 5.74) is -0.226. The van der Waals surface area contributed by atoms with Crippen molar-refractivity contribution in [3.8, 4) is 11.1 Å². The minimum Gasteiger partial charge on any atom is -0.479 e. The first kappa shape index (κ1) is 20.7. The lowest BCUT2D eigenvalue weighted by Gasteiger charge is -2.23. The molecule has 2 aromatic heterocycles. The van der Waals surface area contributed by atoms with Crippen LogP contribution in [0.1, 0.15) is 12.8 Å². The van der Waals surface area contributed by atoms with Gasteiger partial charge in [-0.2, -0.15) is 0 Å². The van der Waals surface area contributed by atoms with Gasteiger partial charge in [0.05, 0.1) is 6.20 Å². The molecule has 1 unspecified atom stereocenters. The van der Waals surface area contributed by atoms with E-state index in [1.54, 1.807) is 12.4 Å². The van der Waals surface area contributed by atoms with E-state index in [0.29, 0.717) is 0 Å². The number of aliphatic carboxylic acids is 1. The van der Waals surface area contributed by atoms with Crippen LogP contribution in [0.15, 0.2) is 70.7 Å². The Morgan fingerprint density at radius 1 is 1.10 bits per heavy atom. The number of pyridine rings is 1. The van der Waals surface area contributed by atoms with Gasteiger partial charge in [-0.15, -0.1) is 16.9 Å². The van der Waals surface area contributed by atoms with Crippen molar-refractivity contribution < 1.29 is 15.0 Å². The van der Waals surface area contributed by atoms with Gasteiger partial charge in [-0.05, 0) is 42.2 Å². The minimum absolute atomic E-state index is 0.00782. The molecule has 0 aliphatic heterocycles. The molecule has 0 radical (unpaired) electrons. The van der Waals surface area contributed by atoms with Crippen LogP contribution in [0.2, 0.25) is 0 Å². The topological polar surface area (TPSA) is 118 Å². The fourth-order valence-electron chi connectivity index (χ4n) is 2.72. The molecular formula is C20H20N4O4S. The van der Waals surface area contributed by atoms with Gasteiger partial charge >= 0.3 is 5.97 Å². The van der Waals surface area contributed by atoms with Crippen molar-refractivity contribution >= 4 is 17.7 Å². The van der Waals surface area contributed by atoms with E-state index in [1.807, 2.05) is 36.4 Å². The Hall–Kier alpha value is -3.04. The molecule has 0 aliphatic carbocycles. The van der Waals surface area contributed by atoms with Crippen molar-refractivity contribution in [2.45, 2.75) is 29.9 Å². The molecule has 0 saturated heterocycles. The highest BCUT2D eigenvalue weighted by Crippen LogP contribution is 2.28. The Kier molecular flexibility index (Phi) is 6.73. The summed E-state index contributed by atoms with van der Waals surface area (Å²) in [5.74, 6) is -1.30. The summed E-state index contributed by atoms with van der Waals surface area (Å²) >= 11 is 1.27. The van der Waals surface area contributed by atoms with Gasteiger partial charge in [0, 0.05) is 35.7 Å². The SMILES string of the molecule is O=C(O)C(O)(CCCn1nnccc1=O)CSc1ccc(-c2cccnc2)cc1. The molecule has 3 aromatic rings. The van der Waals surface area contributed by atoms with Crippen LogP contribution in [-0.4, -0.2) is 47.5 Å². The number of carboxylic acid groups (broad SMARTS) is 1. The number of hydrogen-bond donors (Lipinski definition) is 2. The average molecular weight is 412 g/mol. The van der Waals surface area contributed by atoms with Gasteiger partial charge in [-0.25, -0.2) is 9.48 Å². The van der Waals surface area contributed by atoms with Gasteiger partial charge in [-0.1, -0.05) is 23.4 Å². The van der Waals surface area contributed by atoms with Crippen LogP contribution in [0.3, 0.4) is 0 Å². The van der Waals surface area contributed by atoms with Crippen molar-refractivity contribution in [1.29, 1.82) is 0 Å². The molecule has 0 bridgehead atoms. The van der Waals surface area contributed by atoms with Gasteiger partial charge in [0.2, 0.25) is 0 Å². The predicted molar refractivity (Wildman–Crippen MR) is 109 cm³/mol. The van der Waals surface area contributed by atoms with Crippen LogP contribution in [0.4, 0.5) is 0 Å². The third kappa shape index (κ3) is 5.49. The second-order valence-electron chi connectivity index (χ2n) is 6.48. The van der Waals surface area contributed by atoms with Gasteiger partial charge in [-0.3, -0.25) is 9.78 Å². The second-order valence-corrected chi connectivity index (χ2v) is 7.53. The third-order valence-corrected chi connectivity index (χ3v) is 5.61. The maximum absolute atomic E-state index is 11.6. The summed E-state index contributed by atoms with van der Waals surface area (Å²) < 4.78 is 1.15. The van der Waals surface area contributed by atoms with Crippen LogP contribution in [-0.2, 0) is 11.3 Å². The first-order chi connectivity index (χ1) is 14.0. The molecule has 2 heterocycles. The van der Waals surface area contributed by atoms with E-state index in [2.05, 4.69) is 15.3 Å². The van der Waals surface area contributed by atoms with Crippen LogP contribution in [0.5, 0.6) is 0 Å². The number of rotatable bonds is 9. The Balaban J connectivity index is 1.59. The summed E-state index contributed by atoms with van der Waals surface area (Å²) in [7, 11) is 0. The first-order valence-corrected chi connectivity index (χ1v) is 9.94. The molecule has 29 heavy (non-hydrogen) atoms. The van der Waals surface area contributed by atoms with Crippen molar-refractivity contribution in [2.24, 2.45) is 0 Å². The minimum atomic E-state index is -1.90. The number of carbonyl (C=O) groups is 1. The average Bonchev–Trinajstić information content (AvgIpc) is 2.74. The molecule has 150 valence electrons. The van der Waals surface area contributed by atoms with Gasteiger partial charge in [0.25, 0.3) is 5.56 Å². The number of carboxylic acids is 1. The smallest absolute Gasteiger partial charge is 0.336 e. The molecule has 0 amide bonds. The highest BCUT2D eigenvalue weighted by atomic mass is 32.2. The van der Waals surface area contributed by atoms with Crippen LogP contribution < -0.4 is 5.56 Å². The fraction of sp³-hybridized carbons (Fsp3) is 0.250. The van der Waals surface area contributed by atoms with E-state index in [0.717, 1.165) is 20.7 Å². The molecule has 8 nitrogen and oxygen atoms in total. The molecule has 1 atom stereocenters. The number of thioether (sulfide) groups is 1. The summed E-state index contributed by atoms with van der Waals surface area (Å²) in [5, 5.41) is 27.4. The quantitative estimate of drug-likeness (QED) is 0.513. The van der Waals surface area contributed by atoms with E-state index in [9.17, 15) is 19.8 Å². The molecule has 0 aliphatic rings. The number of benzene rings is 1. The standard InChI is InChI=1S/C20H20N4O4S/c25-18-8-11-22-23-24(18)12-2-9-20(28,19(26)27)14-29-17-6-4-15(5-7-17)16-3-1-10-21-13-16/h1,3-8,10-11,13,28H,2,9,12,14H2,(H,26,27). The number of aliphatic hydroxyl groups is 1. The lowest BCUT2D eigenvalue weighted by molar-refractivity contribution is -0.156. The van der Waals surface area contributed by atoms with E-state index < -0.39 is 11.6 Å². The zero-order valence-electron chi connectivity index (χ0n) is 15.5. The van der Waals surface area contributed by atoms with E-state index in [-0.39, 0.29) is 30.7 Å². The number of aromatic nitrogens is 4. The van der Waals surface area contributed by atoms with Crippen LogP contribution in [0.25, 0.3) is 11.1 Å². The molecular weight excluding hydrogens is 392 g/mol. The fourth-order valence-corrected chi connectivity index (χ4v) is 3.72. The lowest BCUT2D eigenvalue weighted by Crippen LogP contribution is -2.41.